The molecule has 0 radical (unpaired) electrons. The fraction of sp³-hybridized carbons (Fsp3) is 0.136. The maximum Gasteiger partial charge on any atom is 0.261 e. The van der Waals surface area contributed by atoms with Gasteiger partial charge < -0.3 is 0 Å². The van der Waals surface area contributed by atoms with Crippen LogP contribution in [-0.2, 0) is 22.9 Å². The summed E-state index contributed by atoms with van der Waals surface area (Å²) >= 11 is 17.4. The molecule has 0 heterocycles. The molecule has 1 N–H and O–H groups in total. The summed E-state index contributed by atoms with van der Waals surface area (Å²) < 4.78 is 27.7. The molecule has 0 aromatic heterocycles. The van der Waals surface area contributed by atoms with Crippen molar-refractivity contribution in [2.45, 2.75) is 24.7 Å². The van der Waals surface area contributed by atoms with Crippen molar-refractivity contribution in [3.05, 3.63) is 93.5 Å². The number of sulfonamides is 1. The summed E-state index contributed by atoms with van der Waals surface area (Å²) in [5.41, 5.74) is 3.66. The molecule has 0 aliphatic carbocycles. The van der Waals surface area contributed by atoms with Crippen LogP contribution in [0.3, 0.4) is 0 Å². The van der Waals surface area contributed by atoms with E-state index in [0.29, 0.717) is 28.6 Å². The van der Waals surface area contributed by atoms with Crippen molar-refractivity contribution >= 4 is 56.0 Å². The molecule has 3 aromatic carbocycles. The Labute approximate surface area is 186 Å². The van der Waals surface area contributed by atoms with Gasteiger partial charge in [0.2, 0.25) is 0 Å². The second-order valence-corrected chi connectivity index (χ2v) is 9.92. The number of anilines is 1. The van der Waals surface area contributed by atoms with E-state index in [0.717, 1.165) is 10.4 Å². The minimum absolute atomic E-state index is 0.154. The largest absolute Gasteiger partial charge is 0.280 e. The van der Waals surface area contributed by atoms with Gasteiger partial charge in [0.1, 0.15) is 0 Å². The molecule has 3 rings (SSSR count). The summed E-state index contributed by atoms with van der Waals surface area (Å²) in [5.74, 6) is 0. The molecule has 0 amide bonds. The Morgan fingerprint density at radius 3 is 1.86 bits per heavy atom. The molecule has 150 valence electrons. The monoisotopic (exact) mass is 463 g/mol. The van der Waals surface area contributed by atoms with Crippen LogP contribution in [0.1, 0.15) is 16.7 Å². The normalized spacial score (nSPS) is 11.3. The lowest BCUT2D eigenvalue weighted by Crippen LogP contribution is -2.13. The van der Waals surface area contributed by atoms with Crippen LogP contribution >= 0.6 is 35.4 Å². The maximum atomic E-state index is 12.6. The Bertz CT molecular complexity index is 1110. The zero-order chi connectivity index (χ0) is 21.0. The van der Waals surface area contributed by atoms with Gasteiger partial charge in [0.15, 0.2) is 0 Å². The van der Waals surface area contributed by atoms with Crippen LogP contribution in [0.15, 0.2) is 71.6 Å². The molecule has 3 aromatic rings. The van der Waals surface area contributed by atoms with Gasteiger partial charge in [-0.3, -0.25) is 4.72 Å². The minimum atomic E-state index is -3.74. The Hall–Kier alpha value is -1.92. The molecule has 29 heavy (non-hydrogen) atoms. The van der Waals surface area contributed by atoms with Crippen molar-refractivity contribution in [3.8, 4) is 0 Å². The third kappa shape index (κ3) is 6.28. The van der Waals surface area contributed by atoms with Crippen LogP contribution < -0.4 is 4.72 Å². The van der Waals surface area contributed by atoms with Crippen LogP contribution in [-0.4, -0.2) is 13.3 Å². The molecule has 0 aliphatic rings. The molecule has 0 aliphatic heterocycles. The number of hydrogen-bond acceptors (Lipinski definition) is 3. The molecule has 7 heteroatoms. The van der Waals surface area contributed by atoms with Crippen LogP contribution in [0, 0.1) is 6.92 Å². The van der Waals surface area contributed by atoms with Crippen LogP contribution in [0.2, 0.25) is 10.0 Å². The van der Waals surface area contributed by atoms with Crippen LogP contribution in [0.25, 0.3) is 0 Å². The smallest absolute Gasteiger partial charge is 0.261 e. The lowest BCUT2D eigenvalue weighted by molar-refractivity contribution is 0.601. The third-order valence-electron chi connectivity index (χ3n) is 4.27. The molecular formula is C22H19Cl2NO2S2. The van der Waals surface area contributed by atoms with E-state index in [9.17, 15) is 8.42 Å². The molecule has 0 spiro atoms. The second-order valence-electron chi connectivity index (χ2n) is 6.79. The SMILES string of the molecule is Cc1ccc(CC(=S)Cc2ccc(S(=O)(=O)Nc3cc(Cl)cc(Cl)c3)cc2)cc1. The first-order valence-electron chi connectivity index (χ1n) is 8.86. The van der Waals surface area contributed by atoms with Gasteiger partial charge in [-0.25, -0.2) is 8.42 Å². The second kappa shape index (κ2) is 9.26. The highest BCUT2D eigenvalue weighted by molar-refractivity contribution is 7.92. The summed E-state index contributed by atoms with van der Waals surface area (Å²) in [4.78, 5) is 1.05. The summed E-state index contributed by atoms with van der Waals surface area (Å²) in [6.07, 6.45) is 1.33. The van der Waals surface area contributed by atoms with Gasteiger partial charge in [0.05, 0.1) is 10.6 Å². The average Bonchev–Trinajstić information content (AvgIpc) is 2.63. The fourth-order valence-electron chi connectivity index (χ4n) is 2.84. The van der Waals surface area contributed by atoms with Crippen LogP contribution in [0.5, 0.6) is 0 Å². The van der Waals surface area contributed by atoms with E-state index < -0.39 is 10.0 Å². The van der Waals surface area contributed by atoms with E-state index in [-0.39, 0.29) is 4.90 Å². The molecule has 0 fully saturated rings. The maximum absolute atomic E-state index is 12.6. The quantitative estimate of drug-likeness (QED) is 0.420. The highest BCUT2D eigenvalue weighted by atomic mass is 35.5. The minimum Gasteiger partial charge on any atom is -0.280 e. The van der Waals surface area contributed by atoms with E-state index in [1.54, 1.807) is 24.3 Å². The highest BCUT2D eigenvalue weighted by Crippen LogP contribution is 2.25. The van der Waals surface area contributed by atoms with E-state index in [4.69, 9.17) is 35.4 Å². The van der Waals surface area contributed by atoms with Gasteiger partial charge in [-0.2, -0.15) is 0 Å². The zero-order valence-electron chi connectivity index (χ0n) is 15.7. The van der Waals surface area contributed by atoms with E-state index in [1.165, 1.54) is 29.3 Å². The predicted octanol–water partition coefficient (Wildman–Crippen LogP) is 6.26. The molecule has 0 saturated heterocycles. The van der Waals surface area contributed by atoms with E-state index in [2.05, 4.69) is 29.0 Å². The van der Waals surface area contributed by atoms with E-state index in [1.807, 2.05) is 6.92 Å². The molecule has 0 saturated carbocycles. The molecule has 0 unspecified atom stereocenters. The number of benzene rings is 3. The Balaban J connectivity index is 1.67. The van der Waals surface area contributed by atoms with Gasteiger partial charge in [0.25, 0.3) is 10.0 Å². The topological polar surface area (TPSA) is 46.2 Å². The summed E-state index contributed by atoms with van der Waals surface area (Å²) in [5, 5.41) is 0.709. The van der Waals surface area contributed by atoms with Crippen molar-refractivity contribution in [2.75, 3.05) is 4.72 Å². The van der Waals surface area contributed by atoms with Crippen molar-refractivity contribution in [2.24, 2.45) is 0 Å². The third-order valence-corrected chi connectivity index (χ3v) is 6.39. The zero-order valence-corrected chi connectivity index (χ0v) is 18.8. The lowest BCUT2D eigenvalue weighted by Gasteiger charge is -2.10. The standard InChI is InChI=1S/C22H19Cl2NO2S2/c1-15-2-4-16(5-3-15)10-21(28)11-17-6-8-22(9-7-17)29(26,27)25-20-13-18(23)12-19(24)14-20/h2-9,12-14,25H,10-11H2,1H3. The van der Waals surface area contributed by atoms with Crippen molar-refractivity contribution in [1.29, 1.82) is 0 Å². The number of halogens is 2. The van der Waals surface area contributed by atoms with Gasteiger partial charge in [-0.1, -0.05) is 77.4 Å². The predicted molar refractivity (Wildman–Crippen MR) is 125 cm³/mol. The highest BCUT2D eigenvalue weighted by Gasteiger charge is 2.15. The number of hydrogen-bond donors (Lipinski definition) is 1. The first kappa shape index (κ1) is 21.8. The fourth-order valence-corrected chi connectivity index (χ4v) is 4.74. The Morgan fingerprint density at radius 1 is 0.862 bits per heavy atom. The molecule has 0 atom stereocenters. The molecular weight excluding hydrogens is 445 g/mol. The summed E-state index contributed by atoms with van der Waals surface area (Å²) in [7, 11) is -3.74. The number of rotatable bonds is 7. The average molecular weight is 464 g/mol. The number of nitrogens with one attached hydrogen (secondary N) is 1. The van der Waals surface area contributed by atoms with E-state index >= 15 is 0 Å². The lowest BCUT2D eigenvalue weighted by atomic mass is 10.0. The number of aryl methyl sites for hydroxylation is 1. The van der Waals surface area contributed by atoms with Crippen LogP contribution in [0.4, 0.5) is 5.69 Å². The first-order valence-corrected chi connectivity index (χ1v) is 11.5. The van der Waals surface area contributed by atoms with Gasteiger partial charge in [-0.15, -0.1) is 0 Å². The Morgan fingerprint density at radius 2 is 1.34 bits per heavy atom. The van der Waals surface area contributed by atoms with Gasteiger partial charge >= 0.3 is 0 Å². The summed E-state index contributed by atoms with van der Waals surface area (Å²) in [6.45, 7) is 2.05. The van der Waals surface area contributed by atoms with Gasteiger partial charge in [0, 0.05) is 27.8 Å². The molecule has 3 nitrogen and oxygen atoms in total. The first-order chi connectivity index (χ1) is 13.7. The summed E-state index contributed by atoms with van der Waals surface area (Å²) in [6, 6.07) is 19.5. The van der Waals surface area contributed by atoms with Crippen molar-refractivity contribution in [1.82, 2.24) is 0 Å². The van der Waals surface area contributed by atoms with Crippen molar-refractivity contribution in [3.63, 3.8) is 0 Å². The molecule has 0 bridgehead atoms. The Kier molecular flexibility index (Phi) is 6.96. The van der Waals surface area contributed by atoms with Crippen molar-refractivity contribution < 1.29 is 8.42 Å². The van der Waals surface area contributed by atoms with Gasteiger partial charge in [-0.05, 0) is 48.4 Å². The number of thiocarbonyl (C=S) groups is 1.